The monoisotopic (exact) mass is 449 g/mol. The molecule has 1 heterocycles. The number of carbonyl (C=O) groups is 2. The van der Waals surface area contributed by atoms with Crippen molar-refractivity contribution in [2.45, 2.75) is 32.4 Å². The van der Waals surface area contributed by atoms with Gasteiger partial charge < -0.3 is 14.4 Å². The van der Waals surface area contributed by atoms with E-state index in [2.05, 4.69) is 22.4 Å². The smallest absolute Gasteiger partial charge is 0.322 e. The average molecular weight is 450 g/mol. The minimum Gasteiger partial charge on any atom is -0.491 e. The highest BCUT2D eigenvalue weighted by molar-refractivity contribution is 5.94. The lowest BCUT2D eigenvalue weighted by Crippen LogP contribution is -2.49. The Morgan fingerprint density at radius 2 is 1.94 bits per heavy atom. The van der Waals surface area contributed by atoms with Crippen molar-refractivity contribution in [2.24, 2.45) is 0 Å². The van der Waals surface area contributed by atoms with Crippen LogP contribution < -0.4 is 10.6 Å². The summed E-state index contributed by atoms with van der Waals surface area (Å²) in [5.41, 5.74) is 4.02. The summed E-state index contributed by atoms with van der Waals surface area (Å²) in [5.74, 6) is -1.23. The number of anilines is 1. The fraction of sp³-hybridized carbons (Fsp3) is 0.240. The fourth-order valence-electron chi connectivity index (χ4n) is 3.31. The van der Waals surface area contributed by atoms with E-state index >= 15 is 0 Å². The van der Waals surface area contributed by atoms with E-state index in [9.17, 15) is 14.7 Å². The maximum atomic E-state index is 12.9. The van der Waals surface area contributed by atoms with Gasteiger partial charge in [-0.15, -0.1) is 0 Å². The molecular formula is C25H27N3O5. The number of hydrogen-bond acceptors (Lipinski definition) is 7. The lowest BCUT2D eigenvalue weighted by Gasteiger charge is -2.21. The van der Waals surface area contributed by atoms with E-state index in [1.54, 1.807) is 19.9 Å². The second-order valence-electron chi connectivity index (χ2n) is 7.46. The van der Waals surface area contributed by atoms with Gasteiger partial charge in [-0.3, -0.25) is 20.2 Å². The summed E-state index contributed by atoms with van der Waals surface area (Å²) in [6.45, 7) is 7.40. The van der Waals surface area contributed by atoms with Crippen molar-refractivity contribution in [3.05, 3.63) is 72.3 Å². The van der Waals surface area contributed by atoms with E-state index in [-0.39, 0.29) is 18.4 Å². The molecule has 8 nitrogen and oxygen atoms in total. The summed E-state index contributed by atoms with van der Waals surface area (Å²) in [6, 6.07) is 15.6. The highest BCUT2D eigenvalue weighted by atomic mass is 16.5. The van der Waals surface area contributed by atoms with E-state index < -0.39 is 24.0 Å². The Hall–Kier alpha value is -3.91. The molecule has 0 saturated carbocycles. The zero-order valence-electron chi connectivity index (χ0n) is 18.6. The number of aromatic hydroxyl groups is 1. The topological polar surface area (TPSA) is 114 Å². The summed E-state index contributed by atoms with van der Waals surface area (Å²) < 4.78 is 9.89. The first-order chi connectivity index (χ1) is 15.9. The second-order valence-corrected chi connectivity index (χ2v) is 7.46. The van der Waals surface area contributed by atoms with E-state index in [4.69, 9.17) is 9.26 Å². The Bertz CT molecular complexity index is 1110. The molecule has 0 aliphatic rings. The van der Waals surface area contributed by atoms with Crippen LogP contribution in [-0.2, 0) is 20.7 Å². The Balaban J connectivity index is 1.76. The van der Waals surface area contributed by atoms with Gasteiger partial charge in [0, 0.05) is 0 Å². The molecule has 0 bridgehead atoms. The average Bonchev–Trinajstić information content (AvgIpc) is 3.23. The SMILES string of the molecule is C=Cc1cccc(-c2ccc(C[C@@H](N[C@@H](C)C(=O)OCC)C(=O)Nc3cc(O)no3)cc2)c1. The molecule has 3 N–H and O–H groups in total. The normalized spacial score (nSPS) is 12.5. The quantitative estimate of drug-likeness (QED) is 0.404. The zero-order valence-corrected chi connectivity index (χ0v) is 18.6. The number of amides is 1. The van der Waals surface area contributed by atoms with Crippen LogP contribution in [0.5, 0.6) is 5.88 Å². The maximum Gasteiger partial charge on any atom is 0.322 e. The first-order valence-corrected chi connectivity index (χ1v) is 10.6. The van der Waals surface area contributed by atoms with Gasteiger partial charge in [0.05, 0.1) is 18.7 Å². The summed E-state index contributed by atoms with van der Waals surface area (Å²) in [4.78, 5) is 25.0. The molecule has 0 radical (unpaired) electrons. The van der Waals surface area contributed by atoms with Gasteiger partial charge in [-0.2, -0.15) is 0 Å². The van der Waals surface area contributed by atoms with Crippen molar-refractivity contribution in [2.75, 3.05) is 11.9 Å². The van der Waals surface area contributed by atoms with E-state index in [1.807, 2.05) is 48.5 Å². The van der Waals surface area contributed by atoms with Crippen LogP contribution >= 0.6 is 0 Å². The number of nitrogens with one attached hydrogen (secondary N) is 2. The number of benzene rings is 2. The van der Waals surface area contributed by atoms with Crippen LogP contribution in [0.1, 0.15) is 25.0 Å². The maximum absolute atomic E-state index is 12.9. The first kappa shape index (κ1) is 23.7. The van der Waals surface area contributed by atoms with Crippen LogP contribution in [0.3, 0.4) is 0 Å². The number of hydrogen-bond donors (Lipinski definition) is 3. The Morgan fingerprint density at radius 1 is 1.18 bits per heavy atom. The fourth-order valence-corrected chi connectivity index (χ4v) is 3.31. The zero-order chi connectivity index (χ0) is 23.8. The molecule has 0 spiro atoms. The first-order valence-electron chi connectivity index (χ1n) is 10.6. The summed E-state index contributed by atoms with van der Waals surface area (Å²) in [6.07, 6.45) is 2.11. The lowest BCUT2D eigenvalue weighted by molar-refractivity contribution is -0.145. The second kappa shape index (κ2) is 11.1. The molecule has 0 aliphatic heterocycles. The predicted octanol–water partition coefficient (Wildman–Crippen LogP) is 3.78. The van der Waals surface area contributed by atoms with Crippen molar-refractivity contribution in [3.63, 3.8) is 0 Å². The van der Waals surface area contributed by atoms with E-state index in [1.165, 1.54) is 6.07 Å². The third kappa shape index (κ3) is 6.54. The molecule has 1 amide bonds. The molecular weight excluding hydrogens is 422 g/mol. The van der Waals surface area contributed by atoms with Gasteiger partial charge in [0.2, 0.25) is 11.8 Å². The van der Waals surface area contributed by atoms with Crippen molar-refractivity contribution in [3.8, 4) is 17.0 Å². The summed E-state index contributed by atoms with van der Waals surface area (Å²) in [7, 11) is 0. The minimum atomic E-state index is -0.772. The Labute approximate surface area is 192 Å². The van der Waals surface area contributed by atoms with Gasteiger partial charge in [0.1, 0.15) is 6.04 Å². The number of nitrogens with zero attached hydrogens (tertiary/aromatic N) is 1. The van der Waals surface area contributed by atoms with Crippen LogP contribution in [-0.4, -0.2) is 40.8 Å². The van der Waals surface area contributed by atoms with Gasteiger partial charge in [-0.05, 0) is 53.7 Å². The van der Waals surface area contributed by atoms with Gasteiger partial charge in [0.25, 0.3) is 5.88 Å². The number of carbonyl (C=O) groups excluding carboxylic acids is 2. The van der Waals surface area contributed by atoms with Crippen LogP contribution in [0.15, 0.2) is 65.7 Å². The molecule has 0 saturated heterocycles. The highest BCUT2D eigenvalue weighted by Gasteiger charge is 2.25. The number of esters is 1. The van der Waals surface area contributed by atoms with E-state index in [0.29, 0.717) is 6.42 Å². The molecule has 2 atom stereocenters. The Kier molecular flexibility index (Phi) is 7.99. The van der Waals surface area contributed by atoms with Crippen LogP contribution in [0.25, 0.3) is 17.2 Å². The molecule has 0 fully saturated rings. The third-order valence-electron chi connectivity index (χ3n) is 5.00. The lowest BCUT2D eigenvalue weighted by atomic mass is 9.99. The van der Waals surface area contributed by atoms with Crippen molar-refractivity contribution in [1.82, 2.24) is 10.5 Å². The standard InChI is InChI=1S/C25H27N3O5/c1-4-17-7-6-8-20(13-17)19-11-9-18(10-12-19)14-21(26-16(3)25(31)32-5-2)24(30)27-23-15-22(29)28-33-23/h4,6-13,15-16,21,26H,1,5,14H2,2-3H3,(H,27,30)(H,28,29)/t16-,21+/m0/s1. The largest absolute Gasteiger partial charge is 0.491 e. The molecule has 0 aliphatic carbocycles. The summed E-state index contributed by atoms with van der Waals surface area (Å²) >= 11 is 0. The van der Waals surface area contributed by atoms with Crippen LogP contribution in [0, 0.1) is 0 Å². The molecule has 2 aromatic carbocycles. The van der Waals surface area contributed by atoms with Crippen LogP contribution in [0.2, 0.25) is 0 Å². The Morgan fingerprint density at radius 3 is 2.58 bits per heavy atom. The molecule has 8 heteroatoms. The highest BCUT2D eigenvalue weighted by Crippen LogP contribution is 2.22. The van der Waals surface area contributed by atoms with Gasteiger partial charge in [0.15, 0.2) is 0 Å². The van der Waals surface area contributed by atoms with Crippen LogP contribution in [0.4, 0.5) is 5.88 Å². The third-order valence-corrected chi connectivity index (χ3v) is 5.00. The van der Waals surface area contributed by atoms with Crippen molar-refractivity contribution >= 4 is 23.8 Å². The van der Waals surface area contributed by atoms with Gasteiger partial charge in [-0.25, -0.2) is 0 Å². The molecule has 1 aromatic heterocycles. The van der Waals surface area contributed by atoms with Gasteiger partial charge >= 0.3 is 5.97 Å². The molecule has 3 aromatic rings. The predicted molar refractivity (Wildman–Crippen MR) is 125 cm³/mol. The molecule has 3 rings (SSSR count). The molecule has 33 heavy (non-hydrogen) atoms. The number of aromatic nitrogens is 1. The molecule has 0 unspecified atom stereocenters. The summed E-state index contributed by atoms with van der Waals surface area (Å²) in [5, 5.41) is 18.2. The minimum absolute atomic E-state index is 0.00513. The van der Waals surface area contributed by atoms with Gasteiger partial charge in [-0.1, -0.05) is 55.1 Å². The van der Waals surface area contributed by atoms with Crippen molar-refractivity contribution < 1.29 is 24.0 Å². The van der Waals surface area contributed by atoms with Crippen molar-refractivity contribution in [1.29, 1.82) is 0 Å². The van der Waals surface area contributed by atoms with E-state index in [0.717, 1.165) is 22.3 Å². The molecule has 172 valence electrons. The number of rotatable bonds is 10. The number of ether oxygens (including phenoxy) is 1.